The molecular weight excluding hydrogens is 308 g/mol. The van der Waals surface area contributed by atoms with Crippen molar-refractivity contribution in [2.75, 3.05) is 6.26 Å². The Morgan fingerprint density at radius 2 is 2.06 bits per heavy atom. The number of sulfonamides is 1. The number of rotatable bonds is 4. The van der Waals surface area contributed by atoms with Crippen LogP contribution in [-0.4, -0.2) is 14.7 Å². The van der Waals surface area contributed by atoms with Crippen molar-refractivity contribution < 1.29 is 8.42 Å². The second-order valence-corrected chi connectivity index (χ2v) is 9.20. The smallest absolute Gasteiger partial charge is 0.247 e. The van der Waals surface area contributed by atoms with E-state index in [1.165, 1.54) is 11.3 Å². The molecule has 0 saturated carbocycles. The van der Waals surface area contributed by atoms with Gasteiger partial charge in [-0.3, -0.25) is 0 Å². The molecule has 0 spiro atoms. The summed E-state index contributed by atoms with van der Waals surface area (Å²) in [7, 11) is -3.61. The highest BCUT2D eigenvalue weighted by atomic mass is 32.2. The van der Waals surface area contributed by atoms with Gasteiger partial charge >= 0.3 is 0 Å². The Hall–Kier alpha value is -0.120. The van der Waals surface area contributed by atoms with Crippen LogP contribution in [0.1, 0.15) is 18.2 Å². The Balaban J connectivity index is 2.51. The summed E-state index contributed by atoms with van der Waals surface area (Å²) in [4.78, 5) is 0.672. The number of thiophene rings is 2. The Morgan fingerprint density at radius 1 is 1.39 bits per heavy atom. The molecule has 18 heavy (non-hydrogen) atoms. The Bertz CT molecular complexity index is 636. The summed E-state index contributed by atoms with van der Waals surface area (Å²) in [5, 5.41) is 6.02. The van der Waals surface area contributed by atoms with E-state index in [2.05, 4.69) is 0 Å². The molecule has 2 aromatic heterocycles. The van der Waals surface area contributed by atoms with E-state index in [1.54, 1.807) is 29.2 Å². The fourth-order valence-corrected chi connectivity index (χ4v) is 5.92. The molecule has 0 radical (unpaired) electrons. The summed E-state index contributed by atoms with van der Waals surface area (Å²) in [5.41, 5.74) is 6.30. The standard InChI is InChI=1S/C10H14N2O2S4/c1-3-10(11,15-2)7-4-6-5-8(18(12,13)14)17-9(6)16-7/h4-5H,3,11H2,1-2H3,(H2,12,13,14). The third-order valence-corrected chi connectivity index (χ3v) is 8.13. The molecule has 2 aromatic rings. The van der Waals surface area contributed by atoms with Gasteiger partial charge < -0.3 is 5.73 Å². The third-order valence-electron chi connectivity index (χ3n) is 2.78. The van der Waals surface area contributed by atoms with Crippen molar-refractivity contribution in [3.63, 3.8) is 0 Å². The maximum Gasteiger partial charge on any atom is 0.247 e. The molecule has 0 aliphatic rings. The van der Waals surface area contributed by atoms with Crippen LogP contribution in [0.5, 0.6) is 0 Å². The first-order valence-electron chi connectivity index (χ1n) is 5.21. The molecule has 1 atom stereocenters. The fourth-order valence-electron chi connectivity index (χ4n) is 1.58. The molecule has 0 fully saturated rings. The molecule has 8 heteroatoms. The second-order valence-electron chi connectivity index (χ2n) is 3.91. The average Bonchev–Trinajstić information content (AvgIpc) is 2.84. The summed E-state index contributed by atoms with van der Waals surface area (Å²) in [6.45, 7) is 2.04. The van der Waals surface area contributed by atoms with Gasteiger partial charge in [0.15, 0.2) is 0 Å². The number of nitrogens with two attached hydrogens (primary N) is 2. The lowest BCUT2D eigenvalue weighted by atomic mass is 10.2. The van der Waals surface area contributed by atoms with Gasteiger partial charge in [0.2, 0.25) is 10.0 Å². The molecule has 2 rings (SSSR count). The van der Waals surface area contributed by atoms with Gasteiger partial charge in [-0.05, 0) is 24.8 Å². The van der Waals surface area contributed by atoms with Crippen molar-refractivity contribution in [3.05, 3.63) is 17.0 Å². The van der Waals surface area contributed by atoms with Gasteiger partial charge in [0.1, 0.15) is 4.21 Å². The lowest BCUT2D eigenvalue weighted by Crippen LogP contribution is -2.30. The minimum atomic E-state index is -3.61. The molecule has 0 aromatic carbocycles. The highest BCUT2D eigenvalue weighted by Gasteiger charge is 2.27. The number of hydrogen-bond donors (Lipinski definition) is 2. The van der Waals surface area contributed by atoms with Crippen molar-refractivity contribution >= 4 is 53.9 Å². The molecule has 0 bridgehead atoms. The summed E-state index contributed by atoms with van der Waals surface area (Å²) in [6.07, 6.45) is 2.80. The van der Waals surface area contributed by atoms with Gasteiger partial charge in [-0.1, -0.05) is 6.92 Å². The predicted molar refractivity (Wildman–Crippen MR) is 80.7 cm³/mol. The third kappa shape index (κ3) is 2.45. The van der Waals surface area contributed by atoms with E-state index in [0.717, 1.165) is 20.7 Å². The van der Waals surface area contributed by atoms with Gasteiger partial charge in [-0.2, -0.15) is 0 Å². The quantitative estimate of drug-likeness (QED) is 0.847. The zero-order valence-electron chi connectivity index (χ0n) is 9.97. The first kappa shape index (κ1) is 14.3. The van der Waals surface area contributed by atoms with Crippen LogP contribution in [0.2, 0.25) is 0 Å². The molecule has 2 heterocycles. The largest absolute Gasteiger partial charge is 0.312 e. The highest BCUT2D eigenvalue weighted by Crippen LogP contribution is 2.42. The van der Waals surface area contributed by atoms with Crippen molar-refractivity contribution in [2.24, 2.45) is 10.9 Å². The minimum absolute atomic E-state index is 0.207. The molecule has 1 unspecified atom stereocenters. The molecule has 4 N–H and O–H groups in total. The topological polar surface area (TPSA) is 86.2 Å². The van der Waals surface area contributed by atoms with E-state index in [4.69, 9.17) is 10.9 Å². The summed E-state index contributed by atoms with van der Waals surface area (Å²) in [5.74, 6) is 0. The van der Waals surface area contributed by atoms with Crippen LogP contribution in [0.25, 0.3) is 9.40 Å². The van der Waals surface area contributed by atoms with E-state index >= 15 is 0 Å². The predicted octanol–water partition coefficient (Wildman–Crippen LogP) is 2.49. The maximum absolute atomic E-state index is 11.3. The maximum atomic E-state index is 11.3. The van der Waals surface area contributed by atoms with Crippen molar-refractivity contribution in [3.8, 4) is 0 Å². The van der Waals surface area contributed by atoms with Crippen molar-refractivity contribution in [2.45, 2.75) is 22.4 Å². The van der Waals surface area contributed by atoms with Crippen LogP contribution in [0.4, 0.5) is 0 Å². The minimum Gasteiger partial charge on any atom is -0.312 e. The number of hydrogen-bond acceptors (Lipinski definition) is 6. The number of fused-ring (bicyclic) bond motifs is 1. The van der Waals surface area contributed by atoms with Gasteiger partial charge in [0.05, 0.1) is 8.88 Å². The fraction of sp³-hybridized carbons (Fsp3) is 0.400. The van der Waals surface area contributed by atoms with Gasteiger partial charge in [-0.25, -0.2) is 13.6 Å². The zero-order valence-corrected chi connectivity index (χ0v) is 13.2. The van der Waals surface area contributed by atoms with Crippen LogP contribution in [0.15, 0.2) is 16.3 Å². The van der Waals surface area contributed by atoms with Crippen molar-refractivity contribution in [1.82, 2.24) is 0 Å². The van der Waals surface area contributed by atoms with Crippen molar-refractivity contribution in [1.29, 1.82) is 0 Å². The normalized spacial score (nSPS) is 16.0. The average molecular weight is 323 g/mol. The van der Waals surface area contributed by atoms with Crippen LogP contribution in [-0.2, 0) is 14.9 Å². The van der Waals surface area contributed by atoms with E-state index in [9.17, 15) is 8.42 Å². The van der Waals surface area contributed by atoms with Crippen LogP contribution >= 0.6 is 34.4 Å². The lowest BCUT2D eigenvalue weighted by molar-refractivity contribution is 0.600. The van der Waals surface area contributed by atoms with Crippen LogP contribution < -0.4 is 10.9 Å². The first-order valence-corrected chi connectivity index (χ1v) is 9.61. The second kappa shape index (κ2) is 4.77. The first-order chi connectivity index (χ1) is 8.30. The van der Waals surface area contributed by atoms with E-state index in [1.807, 2.05) is 19.2 Å². The van der Waals surface area contributed by atoms with E-state index < -0.39 is 14.9 Å². The molecule has 0 amide bonds. The molecule has 0 aliphatic heterocycles. The molecule has 0 aliphatic carbocycles. The molecule has 100 valence electrons. The van der Waals surface area contributed by atoms with E-state index in [-0.39, 0.29) is 4.21 Å². The Labute approximate surface area is 118 Å². The SMILES string of the molecule is CCC(N)(SC)c1cc2cc(S(N)(=O)=O)sc2s1. The molecule has 0 saturated heterocycles. The molecule has 4 nitrogen and oxygen atoms in total. The van der Waals surface area contributed by atoms with Gasteiger partial charge in [-0.15, -0.1) is 34.4 Å². The van der Waals surface area contributed by atoms with Crippen LogP contribution in [0.3, 0.4) is 0 Å². The Morgan fingerprint density at radius 3 is 2.50 bits per heavy atom. The molecular formula is C10H14N2O2S4. The highest BCUT2D eigenvalue weighted by molar-refractivity contribution is 7.99. The van der Waals surface area contributed by atoms with Gasteiger partial charge in [0, 0.05) is 10.3 Å². The van der Waals surface area contributed by atoms with Gasteiger partial charge in [0.25, 0.3) is 0 Å². The van der Waals surface area contributed by atoms with E-state index in [0.29, 0.717) is 0 Å². The summed E-state index contributed by atoms with van der Waals surface area (Å²) >= 11 is 4.35. The summed E-state index contributed by atoms with van der Waals surface area (Å²) < 4.78 is 23.7. The number of primary sulfonamides is 1. The Kier molecular flexibility index (Phi) is 3.79. The monoisotopic (exact) mass is 322 g/mol. The zero-order chi connectivity index (χ0) is 13.6. The number of thioether (sulfide) groups is 1. The lowest BCUT2D eigenvalue weighted by Gasteiger charge is -2.24. The summed E-state index contributed by atoms with van der Waals surface area (Å²) in [6, 6.07) is 3.58. The van der Waals surface area contributed by atoms with Crippen LogP contribution in [0, 0.1) is 0 Å².